The fourth-order valence-corrected chi connectivity index (χ4v) is 4.63. The SMILES string of the molecule is CCN1c2cc(C)c(/C=N/NC(=O)c3cccs3)cc2[C@@H](C)CC1(C)C. The van der Waals surface area contributed by atoms with E-state index in [0.29, 0.717) is 10.8 Å². The molecule has 2 aromatic rings. The van der Waals surface area contributed by atoms with Crippen molar-refractivity contribution in [1.82, 2.24) is 5.43 Å². The molecule has 0 saturated carbocycles. The number of carbonyl (C=O) groups is 1. The van der Waals surface area contributed by atoms with Crippen LogP contribution in [-0.4, -0.2) is 24.2 Å². The molecule has 1 aliphatic rings. The van der Waals surface area contributed by atoms with Crippen molar-refractivity contribution in [2.45, 2.75) is 52.5 Å². The summed E-state index contributed by atoms with van der Waals surface area (Å²) in [6, 6.07) is 8.15. The summed E-state index contributed by atoms with van der Waals surface area (Å²) in [5.41, 5.74) is 7.69. The zero-order valence-corrected chi connectivity index (χ0v) is 17.0. The molecule has 0 aliphatic carbocycles. The Morgan fingerprint density at radius 1 is 1.46 bits per heavy atom. The summed E-state index contributed by atoms with van der Waals surface area (Å²) in [5, 5.41) is 6.05. The molecule has 1 amide bonds. The monoisotopic (exact) mass is 369 g/mol. The lowest BCUT2D eigenvalue weighted by Crippen LogP contribution is -2.48. The number of nitrogens with one attached hydrogen (secondary N) is 1. The van der Waals surface area contributed by atoms with Crippen LogP contribution in [0, 0.1) is 6.92 Å². The van der Waals surface area contributed by atoms with E-state index in [-0.39, 0.29) is 11.4 Å². The molecule has 1 aromatic heterocycles. The van der Waals surface area contributed by atoms with Gasteiger partial charge in [0.25, 0.3) is 5.91 Å². The van der Waals surface area contributed by atoms with Crippen LogP contribution >= 0.6 is 11.3 Å². The van der Waals surface area contributed by atoms with E-state index in [1.807, 2.05) is 11.4 Å². The molecular weight excluding hydrogens is 342 g/mol. The summed E-state index contributed by atoms with van der Waals surface area (Å²) in [6.07, 6.45) is 2.88. The first-order valence-electron chi connectivity index (χ1n) is 9.12. The molecule has 0 unspecified atom stereocenters. The van der Waals surface area contributed by atoms with Crippen molar-refractivity contribution in [1.29, 1.82) is 0 Å². The van der Waals surface area contributed by atoms with Crippen LogP contribution in [0.5, 0.6) is 0 Å². The first-order valence-corrected chi connectivity index (χ1v) is 10.0. The molecule has 0 spiro atoms. The van der Waals surface area contributed by atoms with Gasteiger partial charge >= 0.3 is 0 Å². The van der Waals surface area contributed by atoms with Gasteiger partial charge in [0, 0.05) is 17.8 Å². The van der Waals surface area contributed by atoms with Crippen LogP contribution in [0.25, 0.3) is 0 Å². The Morgan fingerprint density at radius 3 is 2.88 bits per heavy atom. The Kier molecular flexibility index (Phi) is 5.19. The van der Waals surface area contributed by atoms with Crippen molar-refractivity contribution in [3.63, 3.8) is 0 Å². The number of benzene rings is 1. The largest absolute Gasteiger partial charge is 0.366 e. The molecule has 5 heteroatoms. The third-order valence-electron chi connectivity index (χ3n) is 5.20. The molecular formula is C21H27N3OS. The molecule has 1 aromatic carbocycles. The highest BCUT2D eigenvalue weighted by molar-refractivity contribution is 7.12. The molecule has 1 aliphatic heterocycles. The topological polar surface area (TPSA) is 44.7 Å². The number of hydrazone groups is 1. The highest BCUT2D eigenvalue weighted by Gasteiger charge is 2.35. The number of rotatable bonds is 4. The fraction of sp³-hybridized carbons (Fsp3) is 0.429. The normalized spacial score (nSPS) is 18.8. The van der Waals surface area contributed by atoms with Crippen LogP contribution in [-0.2, 0) is 0 Å². The van der Waals surface area contributed by atoms with Crippen LogP contribution in [0.1, 0.15) is 66.4 Å². The van der Waals surface area contributed by atoms with Gasteiger partial charge in [0.2, 0.25) is 0 Å². The first kappa shape index (κ1) is 18.6. The quantitative estimate of drug-likeness (QED) is 0.613. The summed E-state index contributed by atoms with van der Waals surface area (Å²) in [5.74, 6) is 0.329. The van der Waals surface area contributed by atoms with E-state index in [4.69, 9.17) is 0 Å². The summed E-state index contributed by atoms with van der Waals surface area (Å²) >= 11 is 1.41. The standard InChI is InChI=1S/C21H27N3OS/c1-6-24-18-10-14(2)16(11-17(18)15(3)12-21(24,4)5)13-22-23-20(25)19-8-7-9-26-19/h7-11,13,15H,6,12H2,1-5H3,(H,23,25)/b22-13+/t15-/m0/s1. The Bertz CT molecular complexity index is 824. The number of fused-ring (bicyclic) bond motifs is 1. The van der Waals surface area contributed by atoms with Crippen molar-refractivity contribution in [2.24, 2.45) is 5.10 Å². The van der Waals surface area contributed by atoms with Gasteiger partial charge in [-0.1, -0.05) is 13.0 Å². The van der Waals surface area contributed by atoms with E-state index in [1.54, 1.807) is 12.3 Å². The van der Waals surface area contributed by atoms with E-state index in [1.165, 1.54) is 28.2 Å². The van der Waals surface area contributed by atoms with E-state index >= 15 is 0 Å². The number of anilines is 1. The highest BCUT2D eigenvalue weighted by Crippen LogP contribution is 2.43. The number of amides is 1. The van der Waals surface area contributed by atoms with Crippen molar-refractivity contribution < 1.29 is 4.79 Å². The molecule has 4 nitrogen and oxygen atoms in total. The predicted molar refractivity (Wildman–Crippen MR) is 111 cm³/mol. The van der Waals surface area contributed by atoms with Crippen LogP contribution in [0.4, 0.5) is 5.69 Å². The highest BCUT2D eigenvalue weighted by atomic mass is 32.1. The predicted octanol–water partition coefficient (Wildman–Crippen LogP) is 4.93. The number of aryl methyl sites for hydroxylation is 1. The van der Waals surface area contributed by atoms with Gasteiger partial charge in [-0.25, -0.2) is 5.43 Å². The molecule has 0 bridgehead atoms. The van der Waals surface area contributed by atoms with E-state index in [9.17, 15) is 4.79 Å². The third-order valence-corrected chi connectivity index (χ3v) is 6.07. The fourth-order valence-electron chi connectivity index (χ4n) is 4.01. The maximum absolute atomic E-state index is 12.0. The van der Waals surface area contributed by atoms with Crippen molar-refractivity contribution in [3.05, 3.63) is 51.2 Å². The van der Waals surface area contributed by atoms with Gasteiger partial charge < -0.3 is 4.90 Å². The van der Waals surface area contributed by atoms with E-state index in [2.05, 4.69) is 62.2 Å². The first-order chi connectivity index (χ1) is 12.3. The Hall–Kier alpha value is -2.14. The van der Waals surface area contributed by atoms with Gasteiger partial charge in [0.15, 0.2) is 0 Å². The molecule has 0 fully saturated rings. The zero-order valence-electron chi connectivity index (χ0n) is 16.2. The average molecular weight is 370 g/mol. The van der Waals surface area contributed by atoms with Gasteiger partial charge in [0.05, 0.1) is 11.1 Å². The van der Waals surface area contributed by atoms with Crippen LogP contribution in [0.3, 0.4) is 0 Å². The van der Waals surface area contributed by atoms with Crippen molar-refractivity contribution in [2.75, 3.05) is 11.4 Å². The lowest BCUT2D eigenvalue weighted by molar-refractivity contribution is 0.0959. The number of thiophene rings is 1. The molecule has 1 atom stereocenters. The lowest BCUT2D eigenvalue weighted by atomic mass is 9.79. The van der Waals surface area contributed by atoms with Gasteiger partial charge in [-0.2, -0.15) is 5.10 Å². The maximum Gasteiger partial charge on any atom is 0.281 e. The molecule has 2 heterocycles. The number of hydrogen-bond donors (Lipinski definition) is 1. The van der Waals surface area contributed by atoms with E-state index < -0.39 is 0 Å². The lowest BCUT2D eigenvalue weighted by Gasteiger charge is -2.47. The molecule has 0 radical (unpaired) electrons. The average Bonchev–Trinajstić information content (AvgIpc) is 3.10. The summed E-state index contributed by atoms with van der Waals surface area (Å²) in [6.45, 7) is 12.2. The number of carbonyl (C=O) groups excluding carboxylic acids is 1. The van der Waals surface area contributed by atoms with Gasteiger partial charge in [-0.15, -0.1) is 11.3 Å². The third kappa shape index (κ3) is 3.54. The Balaban J connectivity index is 1.85. The van der Waals surface area contributed by atoms with Crippen molar-refractivity contribution in [3.8, 4) is 0 Å². The summed E-state index contributed by atoms with van der Waals surface area (Å²) < 4.78 is 0. The van der Waals surface area contributed by atoms with Crippen molar-refractivity contribution >= 4 is 29.1 Å². The van der Waals surface area contributed by atoms with E-state index in [0.717, 1.165) is 18.5 Å². The second-order valence-electron chi connectivity index (χ2n) is 7.61. The summed E-state index contributed by atoms with van der Waals surface area (Å²) in [4.78, 5) is 15.2. The summed E-state index contributed by atoms with van der Waals surface area (Å²) in [7, 11) is 0. The van der Waals surface area contributed by atoms with Gasteiger partial charge in [-0.3, -0.25) is 4.79 Å². The Morgan fingerprint density at radius 2 is 2.23 bits per heavy atom. The van der Waals surface area contributed by atoms with Crippen LogP contribution in [0.15, 0.2) is 34.7 Å². The Labute approximate surface area is 159 Å². The second kappa shape index (κ2) is 7.23. The minimum absolute atomic E-state index is 0.165. The van der Waals surface area contributed by atoms with Gasteiger partial charge in [-0.05, 0) is 80.3 Å². The molecule has 0 saturated heterocycles. The maximum atomic E-state index is 12.0. The number of nitrogens with zero attached hydrogens (tertiary/aromatic N) is 2. The molecule has 26 heavy (non-hydrogen) atoms. The second-order valence-corrected chi connectivity index (χ2v) is 8.55. The number of hydrogen-bond acceptors (Lipinski definition) is 4. The minimum atomic E-state index is -0.167. The van der Waals surface area contributed by atoms with Gasteiger partial charge in [0.1, 0.15) is 0 Å². The molecule has 1 N–H and O–H groups in total. The van der Waals surface area contributed by atoms with Crippen LogP contribution in [0.2, 0.25) is 0 Å². The molecule has 138 valence electrons. The minimum Gasteiger partial charge on any atom is -0.366 e. The zero-order chi connectivity index (χ0) is 18.9. The molecule has 3 rings (SSSR count). The van der Waals surface area contributed by atoms with Crippen LogP contribution < -0.4 is 10.3 Å². The smallest absolute Gasteiger partial charge is 0.281 e.